The minimum absolute atomic E-state index is 0.0767. The van der Waals surface area contributed by atoms with E-state index in [9.17, 15) is 14.4 Å². The van der Waals surface area contributed by atoms with Crippen molar-refractivity contribution in [3.8, 4) is 22.6 Å². The monoisotopic (exact) mass is 587 g/mol. The molecule has 0 spiro atoms. The van der Waals surface area contributed by atoms with Crippen LogP contribution in [0.5, 0.6) is 11.5 Å². The number of fused-ring (bicyclic) bond motifs is 1. The molecule has 42 heavy (non-hydrogen) atoms. The molecule has 0 saturated carbocycles. The van der Waals surface area contributed by atoms with Crippen molar-refractivity contribution in [3.05, 3.63) is 82.9 Å². The minimum Gasteiger partial charge on any atom is -0.427 e. The molecule has 0 radical (unpaired) electrons. The topological polar surface area (TPSA) is 82.1 Å². The Kier molecular flexibility index (Phi) is 9.52. The van der Waals surface area contributed by atoms with Gasteiger partial charge in [0.25, 0.3) is 0 Å². The molecule has 1 unspecified atom stereocenters. The molecule has 2 aliphatic rings. The summed E-state index contributed by atoms with van der Waals surface area (Å²) < 4.78 is 16.7. The van der Waals surface area contributed by atoms with Crippen molar-refractivity contribution in [2.24, 2.45) is 0 Å². The highest BCUT2D eigenvalue weighted by Crippen LogP contribution is 2.37. The molecule has 1 saturated heterocycles. The summed E-state index contributed by atoms with van der Waals surface area (Å²) in [7, 11) is 0. The van der Waals surface area contributed by atoms with Crippen LogP contribution in [0.15, 0.2) is 72.3 Å². The number of halogens is 1. The molecular formula is C34H34ClNO6. The zero-order chi connectivity index (χ0) is 29.6. The van der Waals surface area contributed by atoms with Crippen LogP contribution < -0.4 is 9.47 Å². The van der Waals surface area contributed by atoms with E-state index in [-0.39, 0.29) is 22.7 Å². The molecule has 8 heteroatoms. The zero-order valence-electron chi connectivity index (χ0n) is 23.9. The Labute approximate surface area is 250 Å². The Morgan fingerprint density at radius 2 is 1.71 bits per heavy atom. The molecule has 0 bridgehead atoms. The lowest BCUT2D eigenvalue weighted by Gasteiger charge is -2.27. The van der Waals surface area contributed by atoms with Crippen LogP contribution >= 0.6 is 11.6 Å². The number of likely N-dealkylation sites (tertiary alicyclic amines) is 1. The van der Waals surface area contributed by atoms with Crippen molar-refractivity contribution in [2.75, 3.05) is 26.2 Å². The van der Waals surface area contributed by atoms with Gasteiger partial charge in [0, 0.05) is 31.5 Å². The van der Waals surface area contributed by atoms with E-state index in [2.05, 4.69) is 4.90 Å². The van der Waals surface area contributed by atoms with Crippen LogP contribution in [0, 0.1) is 0 Å². The smallest absolute Gasteiger partial charge is 0.308 e. The van der Waals surface area contributed by atoms with Crippen molar-refractivity contribution in [3.63, 3.8) is 0 Å². The number of benzene rings is 3. The molecule has 1 aliphatic heterocycles. The first-order valence-corrected chi connectivity index (χ1v) is 14.7. The third-order valence-corrected chi connectivity index (χ3v) is 7.80. The summed E-state index contributed by atoms with van der Waals surface area (Å²) in [5.74, 6) is -0.459. The van der Waals surface area contributed by atoms with Gasteiger partial charge in [-0.25, -0.2) is 0 Å². The molecule has 1 aliphatic carbocycles. The largest absolute Gasteiger partial charge is 0.427 e. The number of allylic oxidation sites excluding steroid dienone is 2. The normalized spacial score (nSPS) is 17.1. The number of hydrogen-bond donors (Lipinski definition) is 0. The average molecular weight is 588 g/mol. The maximum absolute atomic E-state index is 14.2. The van der Waals surface area contributed by atoms with Crippen LogP contribution in [0.25, 0.3) is 21.9 Å². The van der Waals surface area contributed by atoms with E-state index >= 15 is 0 Å². The number of Topliss-reactive ketones (excluding diaryl/α,β-unsaturated/α-hetero) is 1. The Balaban J connectivity index is 1.44. The Hall–Kier alpha value is -3.78. The van der Waals surface area contributed by atoms with Crippen molar-refractivity contribution in [1.29, 1.82) is 0 Å². The van der Waals surface area contributed by atoms with Crippen molar-refractivity contribution < 1.29 is 28.6 Å². The summed E-state index contributed by atoms with van der Waals surface area (Å²) in [4.78, 5) is 39.8. The lowest BCUT2D eigenvalue weighted by Crippen LogP contribution is -2.33. The maximum atomic E-state index is 14.2. The first-order chi connectivity index (χ1) is 20.3. The fourth-order valence-corrected chi connectivity index (χ4v) is 5.64. The molecule has 7 nitrogen and oxygen atoms in total. The summed E-state index contributed by atoms with van der Waals surface area (Å²) in [5.41, 5.74) is 2.38. The molecule has 1 atom stereocenters. The third-order valence-electron chi connectivity index (χ3n) is 7.49. The molecule has 0 N–H and O–H groups in total. The summed E-state index contributed by atoms with van der Waals surface area (Å²) in [6, 6.07) is 14.0. The highest BCUT2D eigenvalue weighted by Gasteiger charge is 2.23. The van der Waals surface area contributed by atoms with Crippen molar-refractivity contribution >= 4 is 40.1 Å². The van der Waals surface area contributed by atoms with Gasteiger partial charge in [0.2, 0.25) is 0 Å². The van der Waals surface area contributed by atoms with E-state index in [1.807, 2.05) is 30.4 Å². The van der Waals surface area contributed by atoms with E-state index in [1.54, 1.807) is 36.4 Å². The molecular weight excluding hydrogens is 554 g/mol. The first kappa shape index (κ1) is 29.7. The van der Waals surface area contributed by atoms with Gasteiger partial charge >= 0.3 is 11.9 Å². The predicted octanol–water partition coefficient (Wildman–Crippen LogP) is 6.95. The number of rotatable bonds is 9. The highest BCUT2D eigenvalue weighted by molar-refractivity contribution is 6.32. The lowest BCUT2D eigenvalue weighted by molar-refractivity contribution is -0.132. The molecule has 3 aromatic rings. The Morgan fingerprint density at radius 1 is 0.929 bits per heavy atom. The molecule has 0 amide bonds. The number of hydrogen-bond acceptors (Lipinski definition) is 7. The predicted molar refractivity (Wildman–Crippen MR) is 163 cm³/mol. The van der Waals surface area contributed by atoms with Crippen LogP contribution in [-0.4, -0.2) is 55.0 Å². The second-order valence-electron chi connectivity index (χ2n) is 10.6. The average Bonchev–Trinajstić information content (AvgIpc) is 2.98. The number of carbonyl (C=O) groups excluding carboxylic acids is 3. The standard InChI is InChI=1S/C34H34ClNO6/c1-22(37)41-28-12-14-30-25(20-28)8-13-29(26-9-15-31(35)32(21-26)42-23(2)38)33(30)34(39)24-6-10-27(11-7-24)40-19-18-36-16-4-3-5-17-36/h6-10,12-15,20-21,27H,3-5,11,16-19H2,1-2H3. The van der Waals surface area contributed by atoms with Gasteiger partial charge in [0.15, 0.2) is 5.78 Å². The third kappa shape index (κ3) is 7.16. The summed E-state index contributed by atoms with van der Waals surface area (Å²) in [5, 5.41) is 1.74. The zero-order valence-corrected chi connectivity index (χ0v) is 24.6. The SMILES string of the molecule is CC(=O)Oc1ccc2c(C(=O)C3=CCC(OCCN4CCCCC4)C=C3)c(-c3ccc(Cl)c(OC(C)=O)c3)ccc2c1. The maximum Gasteiger partial charge on any atom is 0.308 e. The lowest BCUT2D eigenvalue weighted by atomic mass is 9.87. The van der Waals surface area contributed by atoms with Gasteiger partial charge in [0.1, 0.15) is 11.5 Å². The fraction of sp³-hybridized carbons (Fsp3) is 0.324. The van der Waals surface area contributed by atoms with Gasteiger partial charge in [-0.1, -0.05) is 54.4 Å². The number of nitrogens with zero attached hydrogens (tertiary/aromatic N) is 1. The van der Waals surface area contributed by atoms with E-state index in [4.69, 9.17) is 25.8 Å². The molecule has 1 fully saturated rings. The highest BCUT2D eigenvalue weighted by atomic mass is 35.5. The first-order valence-electron chi connectivity index (χ1n) is 14.3. The van der Waals surface area contributed by atoms with Gasteiger partial charge in [0.05, 0.1) is 17.7 Å². The minimum atomic E-state index is -0.493. The quantitative estimate of drug-likeness (QED) is 0.152. The van der Waals surface area contributed by atoms with Gasteiger partial charge < -0.3 is 19.1 Å². The van der Waals surface area contributed by atoms with Crippen LogP contribution in [0.4, 0.5) is 0 Å². The summed E-state index contributed by atoms with van der Waals surface area (Å²) >= 11 is 6.28. The molecule has 3 aromatic carbocycles. The number of carbonyl (C=O) groups is 3. The van der Waals surface area contributed by atoms with E-state index in [1.165, 1.54) is 33.1 Å². The number of esters is 2. The molecule has 218 valence electrons. The van der Waals surface area contributed by atoms with E-state index < -0.39 is 11.9 Å². The van der Waals surface area contributed by atoms with Crippen LogP contribution in [-0.2, 0) is 14.3 Å². The second-order valence-corrected chi connectivity index (χ2v) is 11.0. The van der Waals surface area contributed by atoms with E-state index in [0.29, 0.717) is 46.4 Å². The van der Waals surface area contributed by atoms with E-state index in [0.717, 1.165) is 25.0 Å². The molecule has 1 heterocycles. The fourth-order valence-electron chi connectivity index (χ4n) is 5.48. The number of ether oxygens (including phenoxy) is 3. The van der Waals surface area contributed by atoms with Gasteiger partial charge in [-0.3, -0.25) is 14.4 Å². The summed E-state index contributed by atoms with van der Waals surface area (Å²) in [6.07, 6.45) is 10.0. The van der Waals surface area contributed by atoms with Crippen LogP contribution in [0.2, 0.25) is 5.02 Å². The summed E-state index contributed by atoms with van der Waals surface area (Å²) in [6.45, 7) is 6.50. The molecule has 0 aromatic heterocycles. The molecule has 5 rings (SSSR count). The van der Waals surface area contributed by atoms with Crippen LogP contribution in [0.1, 0.15) is 49.9 Å². The number of piperidine rings is 1. The van der Waals surface area contributed by atoms with Gasteiger partial charge in [-0.05, 0) is 84.6 Å². The Morgan fingerprint density at radius 3 is 2.43 bits per heavy atom. The van der Waals surface area contributed by atoms with Gasteiger partial charge in [-0.15, -0.1) is 0 Å². The van der Waals surface area contributed by atoms with Gasteiger partial charge in [-0.2, -0.15) is 0 Å². The van der Waals surface area contributed by atoms with Crippen molar-refractivity contribution in [2.45, 2.75) is 45.6 Å². The Bertz CT molecular complexity index is 1570. The number of ketones is 1. The second kappa shape index (κ2) is 13.5. The van der Waals surface area contributed by atoms with Crippen LogP contribution in [0.3, 0.4) is 0 Å². The van der Waals surface area contributed by atoms with Crippen molar-refractivity contribution in [1.82, 2.24) is 4.90 Å².